The first kappa shape index (κ1) is 51.8. The minimum atomic E-state index is -4.85. The summed E-state index contributed by atoms with van der Waals surface area (Å²) in [5.41, 5.74) is 22.7. The summed E-state index contributed by atoms with van der Waals surface area (Å²) in [4.78, 5) is 136. The van der Waals surface area contributed by atoms with Crippen LogP contribution in [0.3, 0.4) is 0 Å². The number of hydrogen-bond donors (Lipinski definition) is 12. The molecule has 16 N–H and O–H groups in total. The number of carbonyl (C=O) groups excluding carboxylic acids is 8. The quantitative estimate of drug-likeness (QED) is 0.0200. The van der Waals surface area contributed by atoms with E-state index < -0.39 is 97.2 Å². The largest absolute Gasteiger partial charge is 0.524 e. The molecule has 8 amide bonds. The highest BCUT2D eigenvalue weighted by Crippen LogP contribution is 2.37. The number of benzene rings is 1. The third-order valence-corrected chi connectivity index (χ3v) is 10.3. The molecule has 1 aromatic heterocycles. The summed E-state index contributed by atoms with van der Waals surface area (Å²) < 4.78 is 15.8. The monoisotopic (exact) mass is 919 g/mol. The molecule has 1 aliphatic heterocycles. The molecule has 25 nitrogen and oxygen atoms in total. The number of amides is 8. The van der Waals surface area contributed by atoms with E-state index in [1.54, 1.807) is 13.8 Å². The number of nitrogens with two attached hydrogens (primary N) is 4. The number of nitrogens with one attached hydrogen (secondary N) is 6. The Morgan fingerprint density at radius 3 is 1.97 bits per heavy atom. The molecule has 64 heavy (non-hydrogen) atoms. The lowest BCUT2D eigenvalue weighted by atomic mass is 10.0. The number of nitrogens with zero attached hydrogens (tertiary/aromatic N) is 3. The van der Waals surface area contributed by atoms with Gasteiger partial charge in [0.2, 0.25) is 47.3 Å². The number of imidazole rings is 1. The molecular formula is C38H58N13O12P. The third-order valence-electron chi connectivity index (χ3n) is 9.88. The summed E-state index contributed by atoms with van der Waals surface area (Å²) in [6, 6.07) is -2.28. The van der Waals surface area contributed by atoms with Crippen LogP contribution >= 0.6 is 7.82 Å². The van der Waals surface area contributed by atoms with E-state index in [-0.39, 0.29) is 63.3 Å². The number of rotatable bonds is 25. The normalized spacial score (nSPS) is 16.0. The number of likely N-dealkylation sites (tertiary alicyclic amines) is 1. The molecule has 6 atom stereocenters. The Morgan fingerprint density at radius 1 is 0.859 bits per heavy atom. The van der Waals surface area contributed by atoms with Gasteiger partial charge in [-0.2, -0.15) is 0 Å². The summed E-state index contributed by atoms with van der Waals surface area (Å²) in [7, 11) is -4.85. The molecule has 0 bridgehead atoms. The Balaban J connectivity index is 1.90. The number of aliphatic imine (C=N–C) groups is 1. The standard InChI is InChI=1S/C38H58N13O12P/c1-20(2)31(37(59)51-15-5-7-29(51)32(40)54)50-34(56)26(12-13-30(39)53)48-36(58)28(17-23-18-43-19-45-23)49-33(55)25(6-4-14-44-38(41)42)47-35(57)27(46-21(3)52)16-22-8-10-24(11-9-22)63-64(60,61)62/h8-11,18-20,25-29,31H,4-7,12-17H2,1-3H3,(H2,39,53)(H2,40,54)(H,43,45)(H,46,52)(H,47,57)(H,48,58)(H,49,55)(H,50,56)(H4,41,42,44)(H2,60,61,62)/t25-,26-,27-,28-,29-,31-/m0/s1. The van der Waals surface area contributed by atoms with Gasteiger partial charge in [0.05, 0.1) is 6.33 Å². The molecule has 2 heterocycles. The maximum absolute atomic E-state index is 14.1. The van der Waals surface area contributed by atoms with Crippen molar-refractivity contribution >= 4 is 61.0 Å². The van der Waals surface area contributed by atoms with Crippen molar-refractivity contribution in [2.75, 3.05) is 13.1 Å². The smallest absolute Gasteiger partial charge is 0.404 e. The predicted molar refractivity (Wildman–Crippen MR) is 228 cm³/mol. The maximum atomic E-state index is 14.1. The van der Waals surface area contributed by atoms with Gasteiger partial charge >= 0.3 is 7.82 Å². The van der Waals surface area contributed by atoms with Gasteiger partial charge in [-0.1, -0.05) is 26.0 Å². The van der Waals surface area contributed by atoms with E-state index in [0.29, 0.717) is 24.1 Å². The van der Waals surface area contributed by atoms with Crippen molar-refractivity contribution in [3.63, 3.8) is 0 Å². The van der Waals surface area contributed by atoms with Crippen LogP contribution in [0.25, 0.3) is 0 Å². The van der Waals surface area contributed by atoms with Crippen molar-refractivity contribution in [3.05, 3.63) is 48.0 Å². The number of H-pyrrole nitrogens is 1. The number of primary amides is 2. The fourth-order valence-corrected chi connectivity index (χ4v) is 7.15. The number of phosphoric acid groups is 1. The average Bonchev–Trinajstić information content (AvgIpc) is 3.91. The number of aromatic nitrogens is 2. The lowest BCUT2D eigenvalue weighted by molar-refractivity contribution is -0.142. The van der Waals surface area contributed by atoms with Crippen LogP contribution in [-0.4, -0.2) is 127 Å². The lowest BCUT2D eigenvalue weighted by Crippen LogP contribution is -2.60. The number of carbonyl (C=O) groups is 8. The van der Waals surface area contributed by atoms with Crippen LogP contribution in [0.4, 0.5) is 0 Å². The first-order valence-electron chi connectivity index (χ1n) is 20.3. The van der Waals surface area contributed by atoms with E-state index >= 15 is 0 Å². The summed E-state index contributed by atoms with van der Waals surface area (Å²) >= 11 is 0. The molecule has 1 aromatic carbocycles. The van der Waals surface area contributed by atoms with Crippen LogP contribution in [0.1, 0.15) is 70.6 Å². The molecule has 1 aliphatic rings. The summed E-state index contributed by atoms with van der Waals surface area (Å²) in [5.74, 6) is -7.01. The molecule has 0 radical (unpaired) electrons. The number of aromatic amines is 1. The van der Waals surface area contributed by atoms with Crippen LogP contribution < -0.4 is 54.0 Å². The fraction of sp³-hybridized carbons (Fsp3) is 0.526. The topological polar surface area (TPSA) is 412 Å². The minimum Gasteiger partial charge on any atom is -0.404 e. The van der Waals surface area contributed by atoms with Crippen LogP contribution in [-0.2, 0) is 55.8 Å². The van der Waals surface area contributed by atoms with Crippen LogP contribution in [0.2, 0.25) is 0 Å². The van der Waals surface area contributed by atoms with Gasteiger partial charge in [-0.3, -0.25) is 53.1 Å². The Labute approximate surface area is 368 Å². The third kappa shape index (κ3) is 17.3. The average molecular weight is 920 g/mol. The fourth-order valence-electron chi connectivity index (χ4n) is 6.76. The Bertz CT molecular complexity index is 2040. The molecule has 1 fully saturated rings. The second kappa shape index (κ2) is 24.3. The van der Waals surface area contributed by atoms with E-state index in [1.807, 2.05) is 0 Å². The molecule has 1 saturated heterocycles. The highest BCUT2D eigenvalue weighted by atomic mass is 31.2. The minimum absolute atomic E-state index is 0.0374. The molecule has 0 saturated carbocycles. The van der Waals surface area contributed by atoms with Gasteiger partial charge in [-0.25, -0.2) is 9.55 Å². The second-order valence-electron chi connectivity index (χ2n) is 15.4. The van der Waals surface area contributed by atoms with Crippen LogP contribution in [0.15, 0.2) is 41.8 Å². The first-order chi connectivity index (χ1) is 30.0. The first-order valence-corrected chi connectivity index (χ1v) is 21.8. The van der Waals surface area contributed by atoms with Crippen molar-refractivity contribution in [2.24, 2.45) is 33.8 Å². The molecule has 0 unspecified atom stereocenters. The van der Waals surface area contributed by atoms with Gasteiger partial charge in [-0.15, -0.1) is 0 Å². The maximum Gasteiger partial charge on any atom is 0.524 e. The summed E-state index contributed by atoms with van der Waals surface area (Å²) in [6.07, 6.45) is 2.61. The van der Waals surface area contributed by atoms with Gasteiger partial charge in [0.15, 0.2) is 5.96 Å². The molecule has 0 aliphatic carbocycles. The predicted octanol–water partition coefficient (Wildman–Crippen LogP) is -3.44. The molecule has 352 valence electrons. The number of phosphoric ester groups is 1. The van der Waals surface area contributed by atoms with E-state index in [9.17, 15) is 42.9 Å². The van der Waals surface area contributed by atoms with Crippen molar-refractivity contribution in [2.45, 2.75) is 108 Å². The molecule has 2 aromatic rings. The van der Waals surface area contributed by atoms with Crippen molar-refractivity contribution < 1.29 is 57.2 Å². The van der Waals surface area contributed by atoms with Crippen molar-refractivity contribution in [1.29, 1.82) is 0 Å². The van der Waals surface area contributed by atoms with E-state index in [0.717, 1.165) is 0 Å². The SMILES string of the molecule is CC(=O)N[C@@H](Cc1ccc(OP(=O)(O)O)cc1)C(=O)N[C@@H](CCCN=C(N)N)C(=O)N[C@@H](Cc1cnc[nH]1)C(=O)N[C@@H](CCC(N)=O)C(=O)N[C@H](C(=O)N1CCC[C@H]1C(N)=O)C(C)C. The molecule has 26 heteroatoms. The van der Waals surface area contributed by atoms with Gasteiger partial charge < -0.3 is 63.9 Å². The zero-order valence-corrected chi connectivity index (χ0v) is 36.5. The van der Waals surface area contributed by atoms with Crippen LogP contribution in [0.5, 0.6) is 5.75 Å². The lowest BCUT2D eigenvalue weighted by Gasteiger charge is -2.31. The Kier molecular flexibility index (Phi) is 19.7. The zero-order valence-electron chi connectivity index (χ0n) is 35.7. The highest BCUT2D eigenvalue weighted by Gasteiger charge is 2.39. The van der Waals surface area contributed by atoms with Crippen LogP contribution in [0, 0.1) is 5.92 Å². The van der Waals surface area contributed by atoms with Crippen molar-refractivity contribution in [3.8, 4) is 5.75 Å². The van der Waals surface area contributed by atoms with Gasteiger partial charge in [0.25, 0.3) is 0 Å². The Hall–Kier alpha value is -6.59. The number of guanidine groups is 1. The van der Waals surface area contributed by atoms with E-state index in [1.165, 1.54) is 48.6 Å². The van der Waals surface area contributed by atoms with Gasteiger partial charge in [-0.05, 0) is 55.7 Å². The van der Waals surface area contributed by atoms with E-state index in [2.05, 4.69) is 46.1 Å². The second-order valence-corrected chi connectivity index (χ2v) is 16.6. The van der Waals surface area contributed by atoms with Gasteiger partial charge in [0, 0.05) is 51.2 Å². The molecule has 3 rings (SSSR count). The molecule has 0 spiro atoms. The highest BCUT2D eigenvalue weighted by molar-refractivity contribution is 7.46. The van der Waals surface area contributed by atoms with E-state index in [4.69, 9.17) is 32.7 Å². The Morgan fingerprint density at radius 2 is 1.44 bits per heavy atom. The van der Waals surface area contributed by atoms with Crippen molar-refractivity contribution in [1.82, 2.24) is 41.5 Å². The number of hydrogen-bond acceptors (Lipinski definition) is 12. The molecular weight excluding hydrogens is 861 g/mol. The summed E-state index contributed by atoms with van der Waals surface area (Å²) in [5, 5.41) is 12.9. The zero-order chi connectivity index (χ0) is 47.7. The van der Waals surface area contributed by atoms with Gasteiger partial charge in [0.1, 0.15) is 42.0 Å². The summed E-state index contributed by atoms with van der Waals surface area (Å²) in [6.45, 7) is 4.77.